The molecular formula is C7H10O6. The molecule has 0 aromatic rings. The van der Waals surface area contributed by atoms with Gasteiger partial charge < -0.3 is 24.8 Å². The number of carbonyl (C=O) groups is 1. The van der Waals surface area contributed by atoms with E-state index in [2.05, 4.69) is 4.74 Å². The van der Waals surface area contributed by atoms with Crippen molar-refractivity contribution in [2.45, 2.75) is 18.5 Å². The van der Waals surface area contributed by atoms with E-state index in [9.17, 15) is 4.79 Å². The highest BCUT2D eigenvalue weighted by atomic mass is 16.7. The van der Waals surface area contributed by atoms with E-state index >= 15 is 0 Å². The van der Waals surface area contributed by atoms with Crippen LogP contribution in [0, 0.1) is 0 Å². The lowest BCUT2D eigenvalue weighted by Gasteiger charge is -2.27. The highest BCUT2D eigenvalue weighted by Crippen LogP contribution is 2.18. The summed E-state index contributed by atoms with van der Waals surface area (Å²) in [7, 11) is 1.27. The van der Waals surface area contributed by atoms with Gasteiger partial charge in [-0.15, -0.1) is 0 Å². The molecule has 1 aliphatic heterocycles. The van der Waals surface area contributed by atoms with Crippen LogP contribution in [0.3, 0.4) is 0 Å². The van der Waals surface area contributed by atoms with E-state index in [1.165, 1.54) is 7.11 Å². The van der Waals surface area contributed by atoms with Crippen molar-refractivity contribution in [1.29, 1.82) is 0 Å². The van der Waals surface area contributed by atoms with Gasteiger partial charge in [0.15, 0.2) is 6.29 Å². The first-order valence-electron chi connectivity index (χ1n) is 3.56. The summed E-state index contributed by atoms with van der Waals surface area (Å²) in [5.41, 5.74) is 0. The quantitative estimate of drug-likeness (QED) is 0.530. The number of aliphatic hydroxyl groups excluding tert-OH is 2. The molecular weight excluding hydrogens is 180 g/mol. The van der Waals surface area contributed by atoms with Crippen LogP contribution in [0.1, 0.15) is 0 Å². The maximum Gasteiger partial charge on any atom is 0.340 e. The van der Waals surface area contributed by atoms with Gasteiger partial charge in [-0.25, -0.2) is 4.79 Å². The van der Waals surface area contributed by atoms with Gasteiger partial charge in [0.1, 0.15) is 11.9 Å². The summed E-state index contributed by atoms with van der Waals surface area (Å²) < 4.78 is 9.37. The van der Waals surface area contributed by atoms with Crippen LogP contribution in [-0.4, -0.2) is 46.9 Å². The maximum atomic E-state index is 10.5. The van der Waals surface area contributed by atoms with Gasteiger partial charge in [-0.1, -0.05) is 0 Å². The van der Waals surface area contributed by atoms with Crippen molar-refractivity contribution in [3.05, 3.63) is 11.8 Å². The molecule has 1 rings (SSSR count). The third-order valence-electron chi connectivity index (χ3n) is 1.62. The second kappa shape index (κ2) is 3.73. The van der Waals surface area contributed by atoms with Gasteiger partial charge in [0, 0.05) is 7.11 Å². The van der Waals surface area contributed by atoms with Crippen molar-refractivity contribution in [3.8, 4) is 0 Å². The van der Waals surface area contributed by atoms with Crippen molar-refractivity contribution >= 4 is 5.97 Å². The summed E-state index contributed by atoms with van der Waals surface area (Å²) in [5, 5.41) is 26.8. The minimum absolute atomic E-state index is 0.520. The Bertz CT molecular complexity index is 235. The Morgan fingerprint density at radius 2 is 2.31 bits per heavy atom. The summed E-state index contributed by atoms with van der Waals surface area (Å²) >= 11 is 0. The number of aliphatic carboxylic acids is 1. The van der Waals surface area contributed by atoms with E-state index in [0.717, 1.165) is 6.08 Å². The van der Waals surface area contributed by atoms with Gasteiger partial charge >= 0.3 is 5.97 Å². The molecule has 0 saturated carbocycles. The number of aliphatic hydroxyl groups is 2. The molecule has 0 aromatic carbocycles. The molecule has 0 saturated heterocycles. The van der Waals surface area contributed by atoms with Gasteiger partial charge in [-0.2, -0.15) is 0 Å². The van der Waals surface area contributed by atoms with E-state index in [4.69, 9.17) is 20.1 Å². The second-order valence-electron chi connectivity index (χ2n) is 2.54. The number of ether oxygens (including phenoxy) is 2. The van der Waals surface area contributed by atoms with E-state index < -0.39 is 30.2 Å². The summed E-state index contributed by atoms with van der Waals surface area (Å²) in [6.07, 6.45) is -2.69. The molecule has 1 heterocycles. The van der Waals surface area contributed by atoms with Gasteiger partial charge in [-0.3, -0.25) is 0 Å². The van der Waals surface area contributed by atoms with E-state index in [1.54, 1.807) is 0 Å². The highest BCUT2D eigenvalue weighted by molar-refractivity contribution is 5.75. The van der Waals surface area contributed by atoms with Crippen molar-refractivity contribution in [3.63, 3.8) is 0 Å². The van der Waals surface area contributed by atoms with Crippen LogP contribution in [0.25, 0.3) is 0 Å². The molecule has 1 aliphatic rings. The van der Waals surface area contributed by atoms with Crippen LogP contribution in [0.15, 0.2) is 11.8 Å². The van der Waals surface area contributed by atoms with Crippen LogP contribution in [-0.2, 0) is 14.3 Å². The molecule has 0 radical (unpaired) electrons. The second-order valence-corrected chi connectivity index (χ2v) is 2.54. The number of hydrogen-bond acceptors (Lipinski definition) is 5. The number of hydrogen-bond donors (Lipinski definition) is 3. The molecule has 2 unspecified atom stereocenters. The third-order valence-corrected chi connectivity index (χ3v) is 1.62. The predicted octanol–water partition coefficient (Wildman–Crippen LogP) is -0.755. The van der Waals surface area contributed by atoms with Crippen molar-refractivity contribution in [1.82, 2.24) is 0 Å². The van der Waals surface area contributed by atoms with Gasteiger partial charge in [0.25, 0.3) is 0 Å². The number of rotatable bonds is 2. The minimum Gasteiger partial charge on any atom is -0.509 e. The molecule has 0 fully saturated rings. The Balaban J connectivity index is 2.80. The fraction of sp³-hybridized carbons (Fsp3) is 0.571. The monoisotopic (exact) mass is 190 g/mol. The lowest BCUT2D eigenvalue weighted by molar-refractivity contribution is -0.209. The first-order valence-corrected chi connectivity index (χ1v) is 3.56. The van der Waals surface area contributed by atoms with Crippen LogP contribution in [0.4, 0.5) is 0 Å². The Labute approximate surface area is 74.0 Å². The fourth-order valence-electron chi connectivity index (χ4n) is 1.00. The topological polar surface area (TPSA) is 96.2 Å². The minimum atomic E-state index is -1.46. The molecule has 0 aliphatic carbocycles. The highest BCUT2D eigenvalue weighted by Gasteiger charge is 2.35. The Kier molecular flexibility index (Phi) is 2.86. The normalized spacial score (nSPS) is 34.0. The molecule has 0 aromatic heterocycles. The average molecular weight is 190 g/mol. The zero-order valence-corrected chi connectivity index (χ0v) is 6.88. The lowest BCUT2D eigenvalue weighted by atomic mass is 10.1. The molecule has 6 nitrogen and oxygen atoms in total. The van der Waals surface area contributed by atoms with Crippen LogP contribution >= 0.6 is 0 Å². The van der Waals surface area contributed by atoms with Crippen molar-refractivity contribution < 1.29 is 29.6 Å². The zero-order chi connectivity index (χ0) is 10.0. The molecule has 0 amide bonds. The van der Waals surface area contributed by atoms with Gasteiger partial charge in [-0.05, 0) is 6.08 Å². The lowest BCUT2D eigenvalue weighted by Crippen LogP contribution is -2.42. The van der Waals surface area contributed by atoms with Gasteiger partial charge in [0.05, 0.1) is 0 Å². The molecule has 0 bridgehead atoms. The largest absolute Gasteiger partial charge is 0.509 e. The van der Waals surface area contributed by atoms with Crippen LogP contribution in [0.2, 0.25) is 0 Å². The predicted molar refractivity (Wildman–Crippen MR) is 40.0 cm³/mol. The van der Waals surface area contributed by atoms with Crippen molar-refractivity contribution in [2.75, 3.05) is 7.11 Å². The summed E-state index contributed by atoms with van der Waals surface area (Å²) in [4.78, 5) is 10.5. The SMILES string of the molecule is CO[C@@H]1OC(C(=O)O)C(O)=CC1O. The molecule has 74 valence electrons. The van der Waals surface area contributed by atoms with E-state index in [-0.39, 0.29) is 0 Å². The first kappa shape index (κ1) is 9.97. The number of carboxylic acids is 1. The standard InChI is InChI=1S/C7H10O6/c1-12-7-4(9)2-3(8)5(13-7)6(10)11/h2,4-5,7-9H,1H3,(H,10,11)/t4?,5?,7-/m1/s1. The van der Waals surface area contributed by atoms with Gasteiger partial charge in [0.2, 0.25) is 6.10 Å². The van der Waals surface area contributed by atoms with Crippen LogP contribution in [0.5, 0.6) is 0 Å². The number of carboxylic acid groups (broad SMARTS) is 1. The maximum absolute atomic E-state index is 10.5. The van der Waals surface area contributed by atoms with Crippen LogP contribution < -0.4 is 0 Å². The molecule has 13 heavy (non-hydrogen) atoms. The van der Waals surface area contributed by atoms with E-state index in [1.807, 2.05) is 0 Å². The van der Waals surface area contributed by atoms with E-state index in [0.29, 0.717) is 0 Å². The summed E-state index contributed by atoms with van der Waals surface area (Å²) in [5.74, 6) is -1.85. The Hall–Kier alpha value is -1.11. The molecule has 0 spiro atoms. The molecule has 6 heteroatoms. The summed E-state index contributed by atoms with van der Waals surface area (Å²) in [6.45, 7) is 0. The molecule has 3 N–H and O–H groups in total. The fourth-order valence-corrected chi connectivity index (χ4v) is 1.00. The first-order chi connectivity index (χ1) is 6.06. The summed E-state index contributed by atoms with van der Waals surface area (Å²) in [6, 6.07) is 0. The smallest absolute Gasteiger partial charge is 0.340 e. The third kappa shape index (κ3) is 1.97. The Morgan fingerprint density at radius 3 is 2.77 bits per heavy atom. The molecule has 3 atom stereocenters. The Morgan fingerprint density at radius 1 is 1.69 bits per heavy atom. The van der Waals surface area contributed by atoms with Crippen molar-refractivity contribution in [2.24, 2.45) is 0 Å². The number of methoxy groups -OCH3 is 1. The zero-order valence-electron chi connectivity index (χ0n) is 6.88. The average Bonchev–Trinajstić information content (AvgIpc) is 2.03.